The molecule has 50 heavy (non-hydrogen) atoms. The monoisotopic (exact) mass is 660 g/mol. The number of hydrogen-bond donors (Lipinski definition) is 0. The Bertz CT molecular complexity index is 2280. The Hall–Kier alpha value is -5.16. The molecule has 0 amide bonds. The van der Waals surface area contributed by atoms with Gasteiger partial charge in [-0.2, -0.15) is 5.10 Å². The zero-order chi connectivity index (χ0) is 35.1. The van der Waals surface area contributed by atoms with Gasteiger partial charge in [0.2, 0.25) is 0 Å². The summed E-state index contributed by atoms with van der Waals surface area (Å²) in [6, 6.07) is 32.5. The molecule has 0 aliphatic heterocycles. The molecule has 254 valence electrons. The van der Waals surface area contributed by atoms with Crippen molar-refractivity contribution in [3.05, 3.63) is 132 Å². The summed E-state index contributed by atoms with van der Waals surface area (Å²) in [4.78, 5) is 4.85. The van der Waals surface area contributed by atoms with Gasteiger partial charge in [-0.1, -0.05) is 91.8 Å². The number of benzene rings is 4. The van der Waals surface area contributed by atoms with E-state index in [9.17, 15) is 0 Å². The van der Waals surface area contributed by atoms with Crippen molar-refractivity contribution < 1.29 is 4.74 Å². The van der Waals surface area contributed by atoms with Crippen LogP contribution in [0.4, 0.5) is 0 Å². The second-order valence-corrected chi connectivity index (χ2v) is 15.0. The summed E-state index contributed by atoms with van der Waals surface area (Å²) in [6.07, 6.45) is 7.11. The normalized spacial score (nSPS) is 12.0. The molecule has 3 aromatic heterocycles. The summed E-state index contributed by atoms with van der Waals surface area (Å²) < 4.78 is 11.0. The number of hydrogen-bond acceptors (Lipinski definition) is 3. The summed E-state index contributed by atoms with van der Waals surface area (Å²) in [7, 11) is 0. The number of para-hydroxylation sites is 1. The van der Waals surface area contributed by atoms with Crippen LogP contribution >= 0.6 is 0 Å². The van der Waals surface area contributed by atoms with Gasteiger partial charge in [0.15, 0.2) is 0 Å². The molecule has 5 heteroatoms. The van der Waals surface area contributed by atoms with E-state index in [1.165, 1.54) is 38.6 Å². The maximum atomic E-state index is 6.72. The average molecular weight is 661 g/mol. The number of nitrogens with zero attached hydrogens (tertiary/aromatic N) is 4. The van der Waals surface area contributed by atoms with Crippen molar-refractivity contribution in [3.8, 4) is 34.1 Å². The lowest BCUT2D eigenvalue weighted by molar-refractivity contribution is 0.481. The quantitative estimate of drug-likeness (QED) is 0.147. The maximum absolute atomic E-state index is 6.72. The molecule has 7 aromatic rings. The number of rotatable bonds is 10. The minimum Gasteiger partial charge on any atom is -0.457 e. The summed E-state index contributed by atoms with van der Waals surface area (Å²) in [6.45, 7) is 18.0. The predicted octanol–water partition coefficient (Wildman–Crippen LogP) is 12.4. The molecule has 4 aromatic carbocycles. The third-order valence-electron chi connectivity index (χ3n) is 9.65. The van der Waals surface area contributed by atoms with Gasteiger partial charge in [0.05, 0.1) is 22.9 Å². The third-order valence-corrected chi connectivity index (χ3v) is 9.65. The first kappa shape index (κ1) is 33.3. The molecule has 0 aliphatic rings. The SMILES string of the molecule is CC(C)Cc1ccnc(-n2c3ccccc3c3ccc(Oc4cc(C(C)C)cc(-n5cc(-c6c(C(C)C)cccc6C(C)C)cn5)c4)cc32)c1. The second kappa shape index (κ2) is 13.6. The van der Waals surface area contributed by atoms with Crippen molar-refractivity contribution in [1.82, 2.24) is 19.3 Å². The third kappa shape index (κ3) is 6.45. The van der Waals surface area contributed by atoms with E-state index in [0.29, 0.717) is 23.7 Å². The maximum Gasteiger partial charge on any atom is 0.137 e. The molecule has 0 saturated heterocycles. The highest BCUT2D eigenvalue weighted by Gasteiger charge is 2.19. The van der Waals surface area contributed by atoms with Crippen LogP contribution in [0.15, 0.2) is 110 Å². The fourth-order valence-corrected chi connectivity index (χ4v) is 7.19. The Morgan fingerprint density at radius 1 is 0.660 bits per heavy atom. The first-order chi connectivity index (χ1) is 24.1. The number of pyridine rings is 1. The molecule has 0 saturated carbocycles. The van der Waals surface area contributed by atoms with Gasteiger partial charge in [0.1, 0.15) is 17.3 Å². The van der Waals surface area contributed by atoms with E-state index in [1.54, 1.807) is 0 Å². The molecule has 5 nitrogen and oxygen atoms in total. The molecule has 7 rings (SSSR count). The van der Waals surface area contributed by atoms with Crippen LogP contribution in [-0.2, 0) is 6.42 Å². The molecular formula is C45H48N4O. The Kier molecular flexibility index (Phi) is 9.09. The summed E-state index contributed by atoms with van der Waals surface area (Å²) in [5, 5.41) is 7.27. The highest BCUT2D eigenvalue weighted by molar-refractivity contribution is 6.09. The van der Waals surface area contributed by atoms with Crippen LogP contribution in [0.25, 0.3) is 44.4 Å². The van der Waals surface area contributed by atoms with Crippen molar-refractivity contribution >= 4 is 21.8 Å². The zero-order valence-corrected chi connectivity index (χ0v) is 30.6. The van der Waals surface area contributed by atoms with Crippen LogP contribution in [-0.4, -0.2) is 19.3 Å². The van der Waals surface area contributed by atoms with E-state index in [0.717, 1.165) is 46.0 Å². The van der Waals surface area contributed by atoms with E-state index in [4.69, 9.17) is 14.8 Å². The van der Waals surface area contributed by atoms with Gasteiger partial charge < -0.3 is 4.74 Å². The van der Waals surface area contributed by atoms with Crippen molar-refractivity contribution in [2.24, 2.45) is 5.92 Å². The first-order valence-electron chi connectivity index (χ1n) is 18.1. The van der Waals surface area contributed by atoms with E-state index in [1.807, 2.05) is 17.1 Å². The topological polar surface area (TPSA) is 44.9 Å². The minimum absolute atomic E-state index is 0.316. The Morgan fingerprint density at radius 3 is 2.12 bits per heavy atom. The molecule has 0 atom stereocenters. The molecular weight excluding hydrogens is 613 g/mol. The van der Waals surface area contributed by atoms with Crippen molar-refractivity contribution in [1.29, 1.82) is 0 Å². The summed E-state index contributed by atoms with van der Waals surface area (Å²) in [5.41, 5.74) is 10.8. The fraction of sp³-hybridized carbons (Fsp3) is 0.289. The van der Waals surface area contributed by atoms with Crippen LogP contribution in [0.2, 0.25) is 0 Å². The first-order valence-corrected chi connectivity index (χ1v) is 18.1. The van der Waals surface area contributed by atoms with Gasteiger partial charge >= 0.3 is 0 Å². The lowest BCUT2D eigenvalue weighted by Gasteiger charge is -2.18. The lowest BCUT2D eigenvalue weighted by Crippen LogP contribution is -2.01. The van der Waals surface area contributed by atoms with Gasteiger partial charge in [-0.15, -0.1) is 0 Å². The molecule has 0 fully saturated rings. The molecule has 0 radical (unpaired) electrons. The van der Waals surface area contributed by atoms with Gasteiger partial charge in [-0.05, 0) is 100 Å². The lowest BCUT2D eigenvalue weighted by atomic mass is 9.86. The summed E-state index contributed by atoms with van der Waals surface area (Å²) >= 11 is 0. The van der Waals surface area contributed by atoms with Crippen molar-refractivity contribution in [2.75, 3.05) is 0 Å². The van der Waals surface area contributed by atoms with Crippen LogP contribution in [0, 0.1) is 5.92 Å². The molecule has 0 spiro atoms. The second-order valence-electron chi connectivity index (χ2n) is 15.0. The molecule has 0 bridgehead atoms. The molecule has 0 N–H and O–H groups in total. The average Bonchev–Trinajstić information content (AvgIpc) is 3.71. The van der Waals surface area contributed by atoms with Crippen LogP contribution < -0.4 is 4.74 Å². The Morgan fingerprint density at radius 2 is 1.40 bits per heavy atom. The van der Waals surface area contributed by atoms with Gasteiger partial charge in [0, 0.05) is 40.9 Å². The van der Waals surface area contributed by atoms with E-state index in [2.05, 4.69) is 157 Å². The fourth-order valence-electron chi connectivity index (χ4n) is 7.19. The highest BCUT2D eigenvalue weighted by Crippen LogP contribution is 2.38. The van der Waals surface area contributed by atoms with Gasteiger partial charge in [0.25, 0.3) is 0 Å². The van der Waals surface area contributed by atoms with Crippen LogP contribution in [0.1, 0.15) is 95.4 Å². The minimum atomic E-state index is 0.316. The van der Waals surface area contributed by atoms with Gasteiger partial charge in [-0.3, -0.25) is 4.57 Å². The molecule has 0 unspecified atom stereocenters. The summed E-state index contributed by atoms with van der Waals surface area (Å²) in [5.74, 6) is 4.18. The number of aromatic nitrogens is 4. The van der Waals surface area contributed by atoms with Gasteiger partial charge in [-0.25, -0.2) is 9.67 Å². The Labute approximate surface area is 296 Å². The Balaban J connectivity index is 1.30. The highest BCUT2D eigenvalue weighted by atomic mass is 16.5. The smallest absolute Gasteiger partial charge is 0.137 e. The van der Waals surface area contributed by atoms with Crippen molar-refractivity contribution in [3.63, 3.8) is 0 Å². The zero-order valence-electron chi connectivity index (χ0n) is 30.6. The van der Waals surface area contributed by atoms with E-state index < -0.39 is 0 Å². The largest absolute Gasteiger partial charge is 0.457 e. The van der Waals surface area contributed by atoms with Crippen LogP contribution in [0.5, 0.6) is 11.5 Å². The van der Waals surface area contributed by atoms with Crippen molar-refractivity contribution in [2.45, 2.75) is 79.6 Å². The van der Waals surface area contributed by atoms with E-state index >= 15 is 0 Å². The van der Waals surface area contributed by atoms with E-state index in [-0.39, 0.29) is 0 Å². The predicted molar refractivity (Wildman–Crippen MR) is 208 cm³/mol. The molecule has 3 heterocycles. The standard InChI is InChI=1S/C45H48N4O/c1-28(2)20-32-18-19-46-44(21-32)49-42-15-10-9-12-40(42)41-17-16-36(25-43(41)49)50-37-23-33(29(3)4)22-35(24-37)48-27-34(26-47-48)45-38(30(5)6)13-11-14-39(45)31(7)8/h9-19,21-31H,20H2,1-8H3. The number of fused-ring (bicyclic) bond motifs is 3. The number of ether oxygens (including phenoxy) is 1. The molecule has 0 aliphatic carbocycles. The van der Waals surface area contributed by atoms with Crippen LogP contribution in [0.3, 0.4) is 0 Å².